The van der Waals surface area contributed by atoms with Crippen molar-refractivity contribution in [2.75, 3.05) is 38.2 Å². The van der Waals surface area contributed by atoms with E-state index in [9.17, 15) is 8.78 Å². The molecule has 0 saturated heterocycles. The highest BCUT2D eigenvalue weighted by molar-refractivity contribution is 5.59. The van der Waals surface area contributed by atoms with E-state index < -0.39 is 5.92 Å². The summed E-state index contributed by atoms with van der Waals surface area (Å²) < 4.78 is 34.4. The minimum Gasteiger partial charge on any atom is -0.380 e. The topological polar surface area (TPSA) is 24.5 Å². The third kappa shape index (κ3) is 5.58. The first kappa shape index (κ1) is 24.2. The zero-order chi connectivity index (χ0) is 23.4. The molecule has 33 heavy (non-hydrogen) atoms. The van der Waals surface area contributed by atoms with Crippen molar-refractivity contribution in [3.63, 3.8) is 0 Å². The van der Waals surface area contributed by atoms with Crippen LogP contribution in [0.25, 0.3) is 0 Å². The van der Waals surface area contributed by atoms with Crippen molar-refractivity contribution >= 4 is 5.69 Å². The number of hydrogen-bond donors (Lipinski definition) is 1. The molecule has 2 aromatic carbocycles. The maximum atomic E-state index is 14.2. The van der Waals surface area contributed by atoms with Crippen molar-refractivity contribution in [2.45, 2.75) is 57.9 Å². The van der Waals surface area contributed by atoms with Gasteiger partial charge < -0.3 is 15.0 Å². The van der Waals surface area contributed by atoms with Crippen molar-refractivity contribution in [2.24, 2.45) is 11.8 Å². The Hall–Kier alpha value is -1.98. The Labute approximate surface area is 197 Å². The molecule has 1 N–H and O–H groups in total. The molecular weight excluding hydrogens is 418 g/mol. The highest BCUT2D eigenvalue weighted by Crippen LogP contribution is 2.53. The molecule has 0 spiro atoms. The van der Waals surface area contributed by atoms with Crippen LogP contribution in [-0.2, 0) is 10.7 Å². The smallest absolute Gasteiger partial charge is 0.270 e. The summed E-state index contributed by atoms with van der Waals surface area (Å²) in [4.78, 5) is 2.37. The van der Waals surface area contributed by atoms with E-state index in [1.165, 1.54) is 5.56 Å². The largest absolute Gasteiger partial charge is 0.380 e. The van der Waals surface area contributed by atoms with Crippen LogP contribution in [0, 0.1) is 11.8 Å². The molecule has 1 aliphatic carbocycles. The Morgan fingerprint density at radius 2 is 1.82 bits per heavy atom. The summed E-state index contributed by atoms with van der Waals surface area (Å²) in [5, 5.41) is 3.70. The third-order valence-electron chi connectivity index (χ3n) is 7.67. The van der Waals surface area contributed by atoms with Gasteiger partial charge in [-0.15, -0.1) is 0 Å². The molecule has 3 nitrogen and oxygen atoms in total. The van der Waals surface area contributed by atoms with Gasteiger partial charge in [-0.05, 0) is 73.4 Å². The lowest BCUT2D eigenvalue weighted by atomic mass is 9.65. The molecule has 0 radical (unpaired) electrons. The Bertz CT molecular complexity index is 895. The first-order valence-electron chi connectivity index (χ1n) is 12.5. The Kier molecular flexibility index (Phi) is 7.70. The Morgan fingerprint density at radius 1 is 1.06 bits per heavy atom. The average molecular weight is 457 g/mol. The van der Waals surface area contributed by atoms with Crippen LogP contribution in [0.1, 0.15) is 68.7 Å². The molecule has 2 aliphatic rings. The van der Waals surface area contributed by atoms with Gasteiger partial charge in [0, 0.05) is 31.3 Å². The van der Waals surface area contributed by atoms with E-state index in [4.69, 9.17) is 4.74 Å². The third-order valence-corrected chi connectivity index (χ3v) is 7.67. The Balaban J connectivity index is 1.53. The zero-order valence-electron chi connectivity index (χ0n) is 20.2. The molecule has 4 rings (SSSR count). The molecule has 0 amide bonds. The predicted octanol–water partition coefficient (Wildman–Crippen LogP) is 6.82. The van der Waals surface area contributed by atoms with Crippen LogP contribution in [-0.4, -0.2) is 37.7 Å². The van der Waals surface area contributed by atoms with Crippen molar-refractivity contribution in [1.29, 1.82) is 0 Å². The van der Waals surface area contributed by atoms with Crippen LogP contribution in [0.3, 0.4) is 0 Å². The van der Waals surface area contributed by atoms with Gasteiger partial charge in [0.1, 0.15) is 0 Å². The molecule has 4 atom stereocenters. The average Bonchev–Trinajstić information content (AvgIpc) is 2.83. The lowest BCUT2D eigenvalue weighted by Gasteiger charge is -2.46. The molecule has 3 unspecified atom stereocenters. The Morgan fingerprint density at radius 3 is 2.52 bits per heavy atom. The van der Waals surface area contributed by atoms with Crippen LogP contribution >= 0.6 is 0 Å². The second-order valence-electron chi connectivity index (χ2n) is 9.77. The van der Waals surface area contributed by atoms with Gasteiger partial charge in [0.2, 0.25) is 0 Å². The van der Waals surface area contributed by atoms with E-state index in [0.29, 0.717) is 11.8 Å². The summed E-state index contributed by atoms with van der Waals surface area (Å²) in [5.41, 5.74) is 3.44. The van der Waals surface area contributed by atoms with Gasteiger partial charge in [0.15, 0.2) is 0 Å². The summed E-state index contributed by atoms with van der Waals surface area (Å²) in [7, 11) is 0. The number of rotatable bonds is 9. The van der Waals surface area contributed by atoms with Gasteiger partial charge in [-0.1, -0.05) is 50.2 Å². The van der Waals surface area contributed by atoms with E-state index in [1.54, 1.807) is 12.1 Å². The highest BCUT2D eigenvalue weighted by Gasteiger charge is 2.42. The maximum absolute atomic E-state index is 14.2. The maximum Gasteiger partial charge on any atom is 0.270 e. The number of anilines is 1. The number of hydrogen-bond acceptors (Lipinski definition) is 3. The summed E-state index contributed by atoms with van der Waals surface area (Å²) >= 11 is 0. The number of benzene rings is 2. The molecule has 1 heterocycles. The van der Waals surface area contributed by atoms with Crippen molar-refractivity contribution in [3.05, 3.63) is 65.2 Å². The molecule has 1 fully saturated rings. The molecule has 2 aromatic rings. The number of nitrogens with zero attached hydrogens (tertiary/aromatic N) is 1. The lowest BCUT2D eigenvalue weighted by molar-refractivity contribution is 0.0172. The van der Waals surface area contributed by atoms with Gasteiger partial charge in [-0.3, -0.25) is 0 Å². The minimum atomic E-state index is -2.83. The summed E-state index contributed by atoms with van der Waals surface area (Å²) in [5.74, 6) is -1.70. The number of alkyl halides is 2. The summed E-state index contributed by atoms with van der Waals surface area (Å²) in [6, 6.07) is 16.0. The number of nitrogens with one attached hydrogen (secondary N) is 1. The van der Waals surface area contributed by atoms with Crippen molar-refractivity contribution < 1.29 is 13.5 Å². The lowest BCUT2D eigenvalue weighted by Crippen LogP contribution is -2.37. The monoisotopic (exact) mass is 456 g/mol. The van der Waals surface area contributed by atoms with Crippen LogP contribution in [0.5, 0.6) is 0 Å². The highest BCUT2D eigenvalue weighted by atomic mass is 19.3. The summed E-state index contributed by atoms with van der Waals surface area (Å²) in [6.07, 6.45) is 3.19. The van der Waals surface area contributed by atoms with Gasteiger partial charge in [-0.25, -0.2) is 8.78 Å². The fraction of sp³-hybridized carbons (Fsp3) is 0.571. The molecular formula is C28H38F2N2O. The number of halogens is 2. The van der Waals surface area contributed by atoms with E-state index in [2.05, 4.69) is 48.3 Å². The number of ether oxygens (including phenoxy) is 1. The quantitative estimate of drug-likeness (QED) is 0.419. The van der Waals surface area contributed by atoms with E-state index in [1.807, 2.05) is 12.1 Å². The standard InChI is InChI=1S/C28H38F2N2O/c1-4-32(5-2)15-16-33-19-20-11-13-23-24(17-20)25-18-22(28(3,29)30)12-14-26(25)31-27(23)21-9-7-6-8-10-21/h6-10,12,14,18,20,23-24,27,31H,4-5,11,13,15-17,19H2,1-3H3/t20?,23?,24?,27-/m0/s1. The predicted molar refractivity (Wildman–Crippen MR) is 131 cm³/mol. The van der Waals surface area contributed by atoms with Gasteiger partial charge >= 0.3 is 0 Å². The zero-order valence-corrected chi connectivity index (χ0v) is 20.2. The van der Waals surface area contributed by atoms with Gasteiger partial charge in [0.25, 0.3) is 5.92 Å². The molecule has 180 valence electrons. The van der Waals surface area contributed by atoms with Crippen molar-refractivity contribution in [3.8, 4) is 0 Å². The number of fused-ring (bicyclic) bond motifs is 3. The number of likely N-dealkylation sites (N-methyl/N-ethyl adjacent to an activating group) is 1. The van der Waals surface area contributed by atoms with Crippen LogP contribution in [0.15, 0.2) is 48.5 Å². The van der Waals surface area contributed by atoms with Crippen molar-refractivity contribution in [1.82, 2.24) is 4.90 Å². The fourth-order valence-electron chi connectivity index (χ4n) is 5.71. The second kappa shape index (κ2) is 10.5. The fourth-order valence-corrected chi connectivity index (χ4v) is 5.71. The van der Waals surface area contributed by atoms with Gasteiger partial charge in [-0.2, -0.15) is 0 Å². The first-order chi connectivity index (χ1) is 15.9. The van der Waals surface area contributed by atoms with E-state index in [0.717, 1.165) is 70.3 Å². The SMILES string of the molecule is CCN(CC)CCOCC1CCC2C(C1)c1cc(C(C)(F)F)ccc1N[C@H]2c1ccccc1. The van der Waals surface area contributed by atoms with E-state index >= 15 is 0 Å². The molecule has 0 aromatic heterocycles. The minimum absolute atomic E-state index is 0.109. The van der Waals surface area contributed by atoms with E-state index in [-0.39, 0.29) is 17.5 Å². The van der Waals surface area contributed by atoms with Crippen LogP contribution in [0.4, 0.5) is 14.5 Å². The normalized spacial score (nSPS) is 24.8. The van der Waals surface area contributed by atoms with Crippen LogP contribution < -0.4 is 5.32 Å². The molecule has 0 bridgehead atoms. The second-order valence-corrected chi connectivity index (χ2v) is 9.77. The van der Waals surface area contributed by atoms with Crippen LogP contribution in [0.2, 0.25) is 0 Å². The molecule has 5 heteroatoms. The van der Waals surface area contributed by atoms with Gasteiger partial charge in [0.05, 0.1) is 12.6 Å². The summed E-state index contributed by atoms with van der Waals surface area (Å²) in [6.45, 7) is 9.90. The molecule has 1 saturated carbocycles. The molecule has 1 aliphatic heterocycles. The first-order valence-corrected chi connectivity index (χ1v) is 12.5.